The summed E-state index contributed by atoms with van der Waals surface area (Å²) in [6.45, 7) is 0. The molecule has 0 saturated heterocycles. The van der Waals surface area contributed by atoms with Gasteiger partial charge in [-0.1, -0.05) is 28.1 Å². The molecule has 3 N–H and O–H groups in total. The Kier molecular flexibility index (Phi) is 6.70. The van der Waals surface area contributed by atoms with E-state index in [4.69, 9.17) is 10.8 Å². The van der Waals surface area contributed by atoms with E-state index >= 15 is 0 Å². The molecule has 0 heterocycles. The zero-order valence-corrected chi connectivity index (χ0v) is 13.7. The van der Waals surface area contributed by atoms with Gasteiger partial charge in [0.05, 0.1) is 11.5 Å². The lowest BCUT2D eigenvalue weighted by atomic mass is 10.1. The number of hydrogen-bond donors (Lipinski definition) is 2. The van der Waals surface area contributed by atoms with Crippen LogP contribution >= 0.6 is 27.7 Å². The van der Waals surface area contributed by atoms with Crippen LogP contribution in [0.2, 0.25) is 0 Å². The highest BCUT2D eigenvalue weighted by Gasteiger charge is 2.26. The number of halogens is 1. The van der Waals surface area contributed by atoms with Crippen LogP contribution in [0.25, 0.3) is 0 Å². The van der Waals surface area contributed by atoms with E-state index in [0.29, 0.717) is 5.56 Å². The third kappa shape index (κ3) is 5.39. The minimum absolute atomic E-state index is 0.0272. The SMILES string of the molecule is CN(C(=O)CSCC(=O)O)C(C(N)=O)c1cccc(Br)c1. The molecule has 0 fully saturated rings. The number of nitrogens with zero attached hydrogens (tertiary/aromatic N) is 1. The number of amides is 2. The van der Waals surface area contributed by atoms with Crippen molar-refractivity contribution in [2.24, 2.45) is 5.73 Å². The molecule has 1 rings (SSSR count). The average molecular weight is 375 g/mol. The molecule has 0 radical (unpaired) electrons. The van der Waals surface area contributed by atoms with Crippen LogP contribution in [0.15, 0.2) is 28.7 Å². The zero-order valence-electron chi connectivity index (χ0n) is 11.3. The van der Waals surface area contributed by atoms with Crippen LogP contribution in [0.1, 0.15) is 11.6 Å². The summed E-state index contributed by atoms with van der Waals surface area (Å²) in [4.78, 5) is 35.3. The maximum Gasteiger partial charge on any atom is 0.313 e. The summed E-state index contributed by atoms with van der Waals surface area (Å²) in [7, 11) is 1.47. The van der Waals surface area contributed by atoms with Gasteiger partial charge in [0.2, 0.25) is 11.8 Å². The Morgan fingerprint density at radius 1 is 1.38 bits per heavy atom. The number of carbonyl (C=O) groups excluding carboxylic acids is 2. The molecule has 0 aliphatic rings. The topological polar surface area (TPSA) is 101 Å². The number of carboxylic acid groups (broad SMARTS) is 1. The molecule has 8 heteroatoms. The largest absolute Gasteiger partial charge is 0.481 e. The fourth-order valence-electron chi connectivity index (χ4n) is 1.73. The van der Waals surface area contributed by atoms with Gasteiger partial charge in [-0.15, -0.1) is 11.8 Å². The van der Waals surface area contributed by atoms with Crippen LogP contribution in [0.4, 0.5) is 0 Å². The van der Waals surface area contributed by atoms with Crippen LogP contribution in [0.5, 0.6) is 0 Å². The van der Waals surface area contributed by atoms with Crippen molar-refractivity contribution in [2.45, 2.75) is 6.04 Å². The monoisotopic (exact) mass is 374 g/mol. The minimum Gasteiger partial charge on any atom is -0.481 e. The molecule has 114 valence electrons. The smallest absolute Gasteiger partial charge is 0.313 e. The number of carbonyl (C=O) groups is 3. The normalized spacial score (nSPS) is 11.7. The fraction of sp³-hybridized carbons (Fsp3) is 0.308. The number of aliphatic carboxylic acids is 1. The van der Waals surface area contributed by atoms with Crippen molar-refractivity contribution in [1.82, 2.24) is 4.90 Å². The number of thioether (sulfide) groups is 1. The van der Waals surface area contributed by atoms with Crippen LogP contribution in [-0.2, 0) is 14.4 Å². The summed E-state index contributed by atoms with van der Waals surface area (Å²) in [6, 6.07) is 6.07. The Hall–Kier alpha value is -1.54. The van der Waals surface area contributed by atoms with E-state index in [2.05, 4.69) is 15.9 Å². The number of nitrogens with two attached hydrogens (primary N) is 1. The van der Waals surface area contributed by atoms with Crippen LogP contribution < -0.4 is 5.73 Å². The van der Waals surface area contributed by atoms with Crippen molar-refractivity contribution < 1.29 is 19.5 Å². The third-order valence-corrected chi connectivity index (χ3v) is 4.06. The third-order valence-electron chi connectivity index (χ3n) is 2.67. The van der Waals surface area contributed by atoms with Gasteiger partial charge in [0.25, 0.3) is 0 Å². The highest BCUT2D eigenvalue weighted by Crippen LogP contribution is 2.23. The summed E-state index contributed by atoms with van der Waals surface area (Å²) >= 11 is 4.27. The van der Waals surface area contributed by atoms with Crippen LogP contribution in [0.3, 0.4) is 0 Å². The summed E-state index contributed by atoms with van der Waals surface area (Å²) in [5.74, 6) is -2.19. The molecule has 1 aromatic rings. The quantitative estimate of drug-likeness (QED) is 0.747. The second-order valence-corrected chi connectivity index (χ2v) is 6.15. The van der Waals surface area contributed by atoms with Crippen molar-refractivity contribution in [3.63, 3.8) is 0 Å². The van der Waals surface area contributed by atoms with E-state index in [1.807, 2.05) is 0 Å². The van der Waals surface area contributed by atoms with Gasteiger partial charge in [-0.25, -0.2) is 0 Å². The Bertz CT molecular complexity index is 553. The molecule has 1 aromatic carbocycles. The van der Waals surface area contributed by atoms with Crippen LogP contribution in [0, 0.1) is 0 Å². The molecular weight excluding hydrogens is 360 g/mol. The maximum absolute atomic E-state index is 12.0. The van der Waals surface area contributed by atoms with Crippen molar-refractivity contribution in [2.75, 3.05) is 18.6 Å². The molecule has 0 spiro atoms. The number of hydrogen-bond acceptors (Lipinski definition) is 4. The molecular formula is C13H15BrN2O4S. The van der Waals surface area contributed by atoms with E-state index in [1.165, 1.54) is 11.9 Å². The zero-order chi connectivity index (χ0) is 16.0. The Balaban J connectivity index is 2.83. The molecule has 0 aromatic heterocycles. The van der Waals surface area contributed by atoms with E-state index in [9.17, 15) is 14.4 Å². The molecule has 0 aliphatic carbocycles. The van der Waals surface area contributed by atoms with Crippen LogP contribution in [-0.4, -0.2) is 46.3 Å². The van der Waals surface area contributed by atoms with Crippen molar-refractivity contribution >= 4 is 45.5 Å². The summed E-state index contributed by atoms with van der Waals surface area (Å²) < 4.78 is 0.771. The molecule has 21 heavy (non-hydrogen) atoms. The van der Waals surface area contributed by atoms with Crippen molar-refractivity contribution in [3.05, 3.63) is 34.3 Å². The number of primary amides is 1. The molecule has 0 saturated carbocycles. The minimum atomic E-state index is -0.992. The first-order valence-electron chi connectivity index (χ1n) is 5.93. The standard InChI is InChI=1S/C13H15BrN2O4S/c1-16(10(17)6-21-7-11(18)19)12(13(15)20)8-3-2-4-9(14)5-8/h2-5,12H,6-7H2,1H3,(H2,15,20)(H,18,19). The van der Waals surface area contributed by atoms with Gasteiger partial charge in [0, 0.05) is 11.5 Å². The molecule has 2 amide bonds. The number of rotatable bonds is 7. The Labute approximate surface area is 134 Å². The average Bonchev–Trinajstić information content (AvgIpc) is 2.37. The van der Waals surface area contributed by atoms with Gasteiger partial charge in [0.1, 0.15) is 6.04 Å². The van der Waals surface area contributed by atoms with Gasteiger partial charge in [-0.3, -0.25) is 14.4 Å². The predicted molar refractivity (Wildman–Crippen MR) is 83.8 cm³/mol. The highest BCUT2D eigenvalue weighted by molar-refractivity contribution is 9.10. The Morgan fingerprint density at radius 3 is 2.57 bits per heavy atom. The molecule has 6 nitrogen and oxygen atoms in total. The van der Waals surface area contributed by atoms with Gasteiger partial charge in [-0.05, 0) is 17.7 Å². The maximum atomic E-state index is 12.0. The van der Waals surface area contributed by atoms with Crippen molar-refractivity contribution in [1.29, 1.82) is 0 Å². The Morgan fingerprint density at radius 2 is 2.05 bits per heavy atom. The fourth-order valence-corrected chi connectivity index (χ4v) is 2.80. The highest BCUT2D eigenvalue weighted by atomic mass is 79.9. The van der Waals surface area contributed by atoms with E-state index < -0.39 is 17.9 Å². The number of carboxylic acids is 1. The van der Waals surface area contributed by atoms with Gasteiger partial charge < -0.3 is 15.7 Å². The summed E-state index contributed by atoms with van der Waals surface area (Å²) in [5.41, 5.74) is 5.98. The van der Waals surface area contributed by atoms with E-state index in [1.54, 1.807) is 24.3 Å². The lowest BCUT2D eigenvalue weighted by molar-refractivity contribution is -0.136. The molecule has 1 atom stereocenters. The second-order valence-electron chi connectivity index (χ2n) is 4.25. The number of benzene rings is 1. The predicted octanol–water partition coefficient (Wildman–Crippen LogP) is 1.25. The molecule has 1 unspecified atom stereocenters. The molecule has 0 aliphatic heterocycles. The van der Waals surface area contributed by atoms with E-state index in [-0.39, 0.29) is 17.4 Å². The first kappa shape index (κ1) is 17.5. The lowest BCUT2D eigenvalue weighted by Gasteiger charge is -2.26. The second kappa shape index (κ2) is 8.04. The summed E-state index contributed by atoms with van der Waals surface area (Å²) in [5, 5.41) is 8.55. The first-order valence-corrected chi connectivity index (χ1v) is 7.87. The van der Waals surface area contributed by atoms with Gasteiger partial charge in [-0.2, -0.15) is 0 Å². The van der Waals surface area contributed by atoms with Crippen molar-refractivity contribution in [3.8, 4) is 0 Å². The lowest BCUT2D eigenvalue weighted by Crippen LogP contribution is -2.40. The van der Waals surface area contributed by atoms with Gasteiger partial charge in [0.15, 0.2) is 0 Å². The first-order chi connectivity index (χ1) is 9.82. The van der Waals surface area contributed by atoms with E-state index in [0.717, 1.165) is 16.2 Å². The molecule has 0 bridgehead atoms. The van der Waals surface area contributed by atoms with Gasteiger partial charge >= 0.3 is 5.97 Å². The summed E-state index contributed by atoms with van der Waals surface area (Å²) in [6.07, 6.45) is 0. The number of likely N-dealkylation sites (N-methyl/N-ethyl adjacent to an activating group) is 1.